The Hall–Kier alpha value is -1.44. The quantitative estimate of drug-likeness (QED) is 0.752. The smallest absolute Gasteiger partial charge is 0.241 e. The predicted molar refractivity (Wildman–Crippen MR) is 109 cm³/mol. The fraction of sp³-hybridized carbons (Fsp3) is 0.667. The minimum absolute atomic E-state index is 0.114. The second-order valence-corrected chi connectivity index (χ2v) is 10.4. The van der Waals surface area contributed by atoms with Gasteiger partial charge in [0.25, 0.3) is 0 Å². The first-order valence-corrected chi connectivity index (χ1v) is 12.2. The van der Waals surface area contributed by atoms with E-state index in [1.54, 1.807) is 29.2 Å². The van der Waals surface area contributed by atoms with E-state index < -0.39 is 10.0 Å². The van der Waals surface area contributed by atoms with E-state index in [0.717, 1.165) is 57.4 Å². The number of benzene rings is 1. The molecule has 3 fully saturated rings. The zero-order valence-corrected chi connectivity index (χ0v) is 17.4. The van der Waals surface area contributed by atoms with Gasteiger partial charge >= 0.3 is 0 Å². The largest absolute Gasteiger partial charge is 0.333 e. The summed E-state index contributed by atoms with van der Waals surface area (Å²) in [4.78, 5) is 15.5. The lowest BCUT2D eigenvalue weighted by molar-refractivity contribution is -0.891. The van der Waals surface area contributed by atoms with E-state index >= 15 is 0 Å². The molecule has 0 radical (unpaired) electrons. The fourth-order valence-corrected chi connectivity index (χ4v) is 6.60. The Balaban J connectivity index is 1.51. The Morgan fingerprint density at radius 1 is 0.964 bits per heavy atom. The molecule has 0 atom stereocenters. The normalized spacial score (nSPS) is 23.4. The maximum atomic E-state index is 13.2. The van der Waals surface area contributed by atoms with Gasteiger partial charge in [-0.2, -0.15) is 4.72 Å². The number of hydrogen-bond acceptors (Lipinski definition) is 3. The molecule has 6 nitrogen and oxygen atoms in total. The second-order valence-electron chi connectivity index (χ2n) is 8.72. The van der Waals surface area contributed by atoms with Crippen LogP contribution in [0.3, 0.4) is 0 Å². The summed E-state index contributed by atoms with van der Waals surface area (Å²) in [7, 11) is -3.58. The van der Waals surface area contributed by atoms with Crippen molar-refractivity contribution in [2.24, 2.45) is 0 Å². The van der Waals surface area contributed by atoms with Crippen LogP contribution in [0.15, 0.2) is 29.2 Å². The molecular weight excluding hydrogens is 374 g/mol. The molecule has 2 heterocycles. The zero-order chi connectivity index (χ0) is 19.6. The molecule has 28 heavy (non-hydrogen) atoms. The highest BCUT2D eigenvalue weighted by atomic mass is 32.2. The van der Waals surface area contributed by atoms with Gasteiger partial charge in [0.05, 0.1) is 30.1 Å². The van der Waals surface area contributed by atoms with Crippen LogP contribution in [0, 0.1) is 0 Å². The number of likely N-dealkylation sites (tertiary alicyclic amines) is 1. The van der Waals surface area contributed by atoms with Gasteiger partial charge in [-0.1, -0.05) is 19.3 Å². The molecule has 1 aliphatic carbocycles. The highest BCUT2D eigenvalue weighted by Crippen LogP contribution is 2.30. The number of rotatable bonds is 6. The summed E-state index contributed by atoms with van der Waals surface area (Å²) in [5.74, 6) is 0.114. The van der Waals surface area contributed by atoms with Crippen molar-refractivity contribution in [3.8, 4) is 0 Å². The number of carbonyl (C=O) groups excluding carboxylic acids is 1. The average molecular weight is 407 g/mol. The van der Waals surface area contributed by atoms with Gasteiger partial charge in [0.1, 0.15) is 0 Å². The predicted octanol–water partition coefficient (Wildman–Crippen LogP) is 1.47. The number of hydrogen-bond donors (Lipinski definition) is 2. The van der Waals surface area contributed by atoms with Crippen molar-refractivity contribution in [3.05, 3.63) is 24.3 Å². The Kier molecular flexibility index (Phi) is 5.76. The molecule has 0 bridgehead atoms. The van der Waals surface area contributed by atoms with Crippen LogP contribution >= 0.6 is 0 Å². The molecule has 3 aliphatic rings. The standard InChI is InChI=1S/C21H31N3O3S/c25-20-7-6-16-24(20)18-8-10-19(11-9-18)28(26,27)22-21(12-2-1-3-13-21)17-23-14-4-5-15-23/h8-11,22H,1-7,12-17H2/p+1. The SMILES string of the molecule is O=C1CCCN1c1ccc(S(=O)(=O)NC2(C[NH+]3CCCC3)CCCCC2)cc1. The van der Waals surface area contributed by atoms with Gasteiger partial charge in [-0.3, -0.25) is 4.79 Å². The van der Waals surface area contributed by atoms with Crippen LogP contribution in [0.4, 0.5) is 5.69 Å². The number of nitrogens with zero attached hydrogens (tertiary/aromatic N) is 1. The molecule has 1 aromatic carbocycles. The molecule has 7 heteroatoms. The summed E-state index contributed by atoms with van der Waals surface area (Å²) in [6.45, 7) is 3.92. The number of quaternary nitrogens is 1. The van der Waals surface area contributed by atoms with Gasteiger partial charge in [0.15, 0.2) is 0 Å². The second kappa shape index (κ2) is 8.13. The number of sulfonamides is 1. The van der Waals surface area contributed by atoms with E-state index in [1.807, 2.05) is 0 Å². The van der Waals surface area contributed by atoms with Crippen molar-refractivity contribution < 1.29 is 18.1 Å². The van der Waals surface area contributed by atoms with Crippen LogP contribution in [0.1, 0.15) is 57.8 Å². The van der Waals surface area contributed by atoms with Gasteiger partial charge in [0.2, 0.25) is 15.9 Å². The molecule has 0 unspecified atom stereocenters. The fourth-order valence-electron chi connectivity index (χ4n) is 5.14. The molecule has 1 saturated carbocycles. The van der Waals surface area contributed by atoms with Crippen LogP contribution in [-0.4, -0.2) is 46.0 Å². The van der Waals surface area contributed by atoms with Crippen LogP contribution in [0.5, 0.6) is 0 Å². The third-order valence-electron chi connectivity index (χ3n) is 6.59. The molecule has 154 valence electrons. The highest BCUT2D eigenvalue weighted by Gasteiger charge is 2.40. The van der Waals surface area contributed by atoms with E-state index in [2.05, 4.69) is 4.72 Å². The van der Waals surface area contributed by atoms with Crippen LogP contribution in [0.2, 0.25) is 0 Å². The molecule has 4 rings (SSSR count). The minimum Gasteiger partial charge on any atom is -0.333 e. The summed E-state index contributed by atoms with van der Waals surface area (Å²) in [5.41, 5.74) is 0.468. The van der Waals surface area contributed by atoms with Crippen LogP contribution in [0.25, 0.3) is 0 Å². The summed E-state index contributed by atoms with van der Waals surface area (Å²) in [6, 6.07) is 6.80. The van der Waals surface area contributed by atoms with E-state index in [9.17, 15) is 13.2 Å². The van der Waals surface area contributed by atoms with Crippen molar-refractivity contribution in [1.82, 2.24) is 4.72 Å². The number of amides is 1. The third-order valence-corrected chi connectivity index (χ3v) is 8.19. The van der Waals surface area contributed by atoms with Gasteiger partial charge in [-0.25, -0.2) is 8.42 Å². The Morgan fingerprint density at radius 3 is 2.25 bits per heavy atom. The lowest BCUT2D eigenvalue weighted by Crippen LogP contribution is -3.12. The first-order chi connectivity index (χ1) is 13.5. The molecular formula is C21H32N3O3S+. The van der Waals surface area contributed by atoms with Crippen molar-refractivity contribution in [2.75, 3.05) is 31.1 Å². The minimum atomic E-state index is -3.58. The molecule has 0 spiro atoms. The van der Waals surface area contributed by atoms with E-state index in [4.69, 9.17) is 0 Å². The van der Waals surface area contributed by atoms with E-state index in [1.165, 1.54) is 24.2 Å². The molecule has 0 aromatic heterocycles. The van der Waals surface area contributed by atoms with E-state index in [0.29, 0.717) is 17.9 Å². The van der Waals surface area contributed by atoms with Crippen molar-refractivity contribution >= 4 is 21.6 Å². The monoisotopic (exact) mass is 406 g/mol. The zero-order valence-electron chi connectivity index (χ0n) is 16.6. The molecule has 2 N–H and O–H groups in total. The third kappa shape index (κ3) is 4.26. The lowest BCUT2D eigenvalue weighted by Gasteiger charge is -2.38. The van der Waals surface area contributed by atoms with Gasteiger partial charge in [-0.15, -0.1) is 0 Å². The van der Waals surface area contributed by atoms with Crippen LogP contribution in [-0.2, 0) is 14.8 Å². The first-order valence-electron chi connectivity index (χ1n) is 10.8. The van der Waals surface area contributed by atoms with Gasteiger partial charge < -0.3 is 9.80 Å². The summed E-state index contributed by atoms with van der Waals surface area (Å²) in [5, 5.41) is 0. The number of carbonyl (C=O) groups is 1. The molecule has 2 saturated heterocycles. The topological polar surface area (TPSA) is 70.9 Å². The molecule has 1 aromatic rings. The van der Waals surface area contributed by atoms with Crippen LogP contribution < -0.4 is 14.5 Å². The van der Waals surface area contributed by atoms with Crippen molar-refractivity contribution in [2.45, 2.75) is 68.2 Å². The first kappa shape index (κ1) is 19.9. The number of anilines is 1. The molecule has 1 amide bonds. The van der Waals surface area contributed by atoms with Gasteiger partial charge in [0, 0.05) is 31.5 Å². The maximum absolute atomic E-state index is 13.2. The molecule has 2 aliphatic heterocycles. The van der Waals surface area contributed by atoms with Crippen molar-refractivity contribution in [1.29, 1.82) is 0 Å². The Morgan fingerprint density at radius 2 is 1.64 bits per heavy atom. The summed E-state index contributed by atoms with van der Waals surface area (Å²) < 4.78 is 29.5. The summed E-state index contributed by atoms with van der Waals surface area (Å²) in [6.07, 6.45) is 9.15. The maximum Gasteiger partial charge on any atom is 0.241 e. The Labute approximate surface area is 168 Å². The van der Waals surface area contributed by atoms with E-state index in [-0.39, 0.29) is 11.4 Å². The summed E-state index contributed by atoms with van der Waals surface area (Å²) >= 11 is 0. The Bertz CT molecular complexity index is 795. The lowest BCUT2D eigenvalue weighted by atomic mass is 9.82. The van der Waals surface area contributed by atoms with Crippen molar-refractivity contribution in [3.63, 3.8) is 0 Å². The van der Waals surface area contributed by atoms with Gasteiger partial charge in [-0.05, 0) is 43.5 Å². The highest BCUT2D eigenvalue weighted by molar-refractivity contribution is 7.89. The average Bonchev–Trinajstić information content (AvgIpc) is 3.33. The number of nitrogens with one attached hydrogen (secondary N) is 2.